The molecule has 5 heteroatoms. The molecule has 5 nitrogen and oxygen atoms in total. The molecule has 2 aromatic rings. The zero-order valence-electron chi connectivity index (χ0n) is 12.7. The number of hydrogen-bond donors (Lipinski definition) is 0. The van der Waals surface area contributed by atoms with Crippen LogP contribution in [0.15, 0.2) is 30.5 Å². The van der Waals surface area contributed by atoms with Crippen LogP contribution in [0.4, 0.5) is 0 Å². The largest absolute Gasteiger partial charge is 0.392 e. The van der Waals surface area contributed by atoms with Crippen molar-refractivity contribution in [3.05, 3.63) is 36.0 Å². The molecule has 0 spiro atoms. The van der Waals surface area contributed by atoms with E-state index in [1.807, 2.05) is 29.0 Å². The number of likely N-dealkylation sites (tertiary alicyclic amines) is 1. The zero-order valence-corrected chi connectivity index (χ0v) is 12.7. The second-order valence-electron chi connectivity index (χ2n) is 5.75. The third-order valence-corrected chi connectivity index (χ3v) is 4.02. The highest BCUT2D eigenvalue weighted by molar-refractivity contribution is 5.87. The van der Waals surface area contributed by atoms with Gasteiger partial charge in [-0.25, -0.2) is 4.79 Å². The lowest BCUT2D eigenvalue weighted by Gasteiger charge is -2.13. The first-order valence-electron chi connectivity index (χ1n) is 7.64. The summed E-state index contributed by atoms with van der Waals surface area (Å²) in [6, 6.07) is 8.03. The average Bonchev–Trinajstić information content (AvgIpc) is 3.08. The Hall–Kier alpha value is -2.14. The molecule has 1 fully saturated rings. The number of carbonyl (C=O) groups is 2. The van der Waals surface area contributed by atoms with Crippen LogP contribution in [0.5, 0.6) is 0 Å². The van der Waals surface area contributed by atoms with E-state index in [0.717, 1.165) is 30.5 Å². The summed E-state index contributed by atoms with van der Waals surface area (Å²) in [6.07, 6.45) is 4.51. The van der Waals surface area contributed by atoms with E-state index in [9.17, 15) is 9.59 Å². The number of fused-ring (bicyclic) bond motifs is 1. The molecule has 0 atom stereocenters. The first kappa shape index (κ1) is 14.8. The second kappa shape index (κ2) is 6.32. The Morgan fingerprint density at radius 2 is 1.91 bits per heavy atom. The first-order chi connectivity index (χ1) is 10.6. The van der Waals surface area contributed by atoms with Crippen LogP contribution in [0.1, 0.15) is 25.3 Å². The summed E-state index contributed by atoms with van der Waals surface area (Å²) < 4.78 is 6.50. The number of carbonyl (C=O) groups excluding carboxylic acids is 2. The predicted octanol–water partition coefficient (Wildman–Crippen LogP) is 2.33. The maximum Gasteiger partial charge on any atom is 0.333 e. The molecule has 116 valence electrons. The van der Waals surface area contributed by atoms with Gasteiger partial charge in [-0.2, -0.15) is 0 Å². The van der Waals surface area contributed by atoms with Crippen molar-refractivity contribution in [1.82, 2.24) is 9.47 Å². The molecule has 0 N–H and O–H groups in total. The molecule has 2 heterocycles. The van der Waals surface area contributed by atoms with E-state index >= 15 is 0 Å². The van der Waals surface area contributed by atoms with Crippen LogP contribution in [-0.2, 0) is 27.4 Å². The van der Waals surface area contributed by atoms with Gasteiger partial charge in [0.05, 0.1) is 0 Å². The van der Waals surface area contributed by atoms with E-state index < -0.39 is 11.9 Å². The van der Waals surface area contributed by atoms with Crippen LogP contribution >= 0.6 is 0 Å². The van der Waals surface area contributed by atoms with Crippen molar-refractivity contribution in [2.45, 2.75) is 32.9 Å². The van der Waals surface area contributed by atoms with Crippen LogP contribution < -0.4 is 0 Å². The minimum atomic E-state index is -0.571. The Morgan fingerprint density at radius 1 is 1.18 bits per heavy atom. The fourth-order valence-corrected chi connectivity index (χ4v) is 3.09. The number of esters is 2. The number of rotatable bonds is 4. The second-order valence-corrected chi connectivity index (χ2v) is 5.75. The van der Waals surface area contributed by atoms with E-state index in [-0.39, 0.29) is 6.54 Å². The number of para-hydroxylation sites is 1. The van der Waals surface area contributed by atoms with Crippen LogP contribution in [0.2, 0.25) is 0 Å². The molecule has 1 aromatic heterocycles. The lowest BCUT2D eigenvalue weighted by molar-refractivity contribution is -0.158. The minimum Gasteiger partial charge on any atom is -0.392 e. The molecular formula is C17H20N2O3. The van der Waals surface area contributed by atoms with E-state index in [2.05, 4.69) is 15.7 Å². The van der Waals surface area contributed by atoms with Gasteiger partial charge in [0.15, 0.2) is 0 Å². The normalized spacial score (nSPS) is 15.3. The van der Waals surface area contributed by atoms with Gasteiger partial charge in [0.25, 0.3) is 0 Å². The topological polar surface area (TPSA) is 51.5 Å². The van der Waals surface area contributed by atoms with E-state index in [1.54, 1.807) is 0 Å². The first-order valence-corrected chi connectivity index (χ1v) is 7.64. The molecule has 1 saturated heterocycles. The molecule has 1 aliphatic heterocycles. The lowest BCUT2D eigenvalue weighted by Crippen LogP contribution is -2.18. The third-order valence-electron chi connectivity index (χ3n) is 4.02. The smallest absolute Gasteiger partial charge is 0.333 e. The predicted molar refractivity (Wildman–Crippen MR) is 83.2 cm³/mol. The summed E-state index contributed by atoms with van der Waals surface area (Å²) in [4.78, 5) is 25.1. The van der Waals surface area contributed by atoms with Crippen LogP contribution in [0.25, 0.3) is 10.9 Å². The highest BCUT2D eigenvalue weighted by atomic mass is 16.6. The Labute approximate surface area is 129 Å². The van der Waals surface area contributed by atoms with E-state index in [0.29, 0.717) is 0 Å². The Kier molecular flexibility index (Phi) is 4.24. The van der Waals surface area contributed by atoms with Crippen molar-refractivity contribution in [1.29, 1.82) is 0 Å². The van der Waals surface area contributed by atoms with Gasteiger partial charge in [-0.3, -0.25) is 9.69 Å². The van der Waals surface area contributed by atoms with Gasteiger partial charge >= 0.3 is 11.9 Å². The molecule has 3 rings (SSSR count). The summed E-state index contributed by atoms with van der Waals surface area (Å²) >= 11 is 0. The molecule has 0 bridgehead atoms. The van der Waals surface area contributed by atoms with Crippen molar-refractivity contribution < 1.29 is 14.3 Å². The van der Waals surface area contributed by atoms with Gasteiger partial charge in [0, 0.05) is 30.6 Å². The van der Waals surface area contributed by atoms with E-state index in [1.165, 1.54) is 25.3 Å². The Balaban J connectivity index is 1.86. The van der Waals surface area contributed by atoms with Crippen molar-refractivity contribution in [2.75, 3.05) is 13.1 Å². The van der Waals surface area contributed by atoms with Crippen molar-refractivity contribution >= 4 is 22.8 Å². The Morgan fingerprint density at radius 3 is 2.64 bits per heavy atom. The van der Waals surface area contributed by atoms with Crippen LogP contribution in [0.3, 0.4) is 0 Å². The highest BCUT2D eigenvalue weighted by Crippen LogP contribution is 2.24. The maximum atomic E-state index is 11.7. The van der Waals surface area contributed by atoms with Crippen molar-refractivity contribution in [3.63, 3.8) is 0 Å². The maximum absolute atomic E-state index is 11.7. The standard InChI is InChI=1S/C17H20N2O3/c1-13(20)22-17(21)12-19-11-14(10-18-8-4-5-9-18)15-6-2-3-7-16(15)19/h2-3,6-7,11H,4-5,8-10,12H2,1H3. The Bertz CT molecular complexity index is 699. The molecule has 0 saturated carbocycles. The van der Waals surface area contributed by atoms with E-state index in [4.69, 9.17) is 0 Å². The summed E-state index contributed by atoms with van der Waals surface area (Å²) in [6.45, 7) is 4.46. The molecule has 22 heavy (non-hydrogen) atoms. The monoisotopic (exact) mass is 300 g/mol. The van der Waals surface area contributed by atoms with Gasteiger partial charge in [0.1, 0.15) is 6.54 Å². The zero-order chi connectivity index (χ0) is 15.5. The van der Waals surface area contributed by atoms with Gasteiger partial charge in [-0.05, 0) is 37.6 Å². The lowest BCUT2D eigenvalue weighted by atomic mass is 10.1. The molecule has 0 radical (unpaired) electrons. The molecule has 0 unspecified atom stereocenters. The van der Waals surface area contributed by atoms with Crippen LogP contribution in [0, 0.1) is 0 Å². The fourth-order valence-electron chi connectivity index (χ4n) is 3.09. The summed E-state index contributed by atoms with van der Waals surface area (Å²) in [5.74, 6) is -1.10. The SMILES string of the molecule is CC(=O)OC(=O)Cn1cc(CN2CCCC2)c2ccccc21. The summed E-state index contributed by atoms with van der Waals surface area (Å²) in [5, 5.41) is 1.16. The quantitative estimate of drug-likeness (QED) is 0.642. The minimum absolute atomic E-state index is 0.0556. The van der Waals surface area contributed by atoms with Gasteiger partial charge in [0.2, 0.25) is 0 Å². The van der Waals surface area contributed by atoms with Crippen LogP contribution in [-0.4, -0.2) is 34.5 Å². The number of aromatic nitrogens is 1. The molecule has 1 aromatic carbocycles. The third kappa shape index (κ3) is 3.20. The van der Waals surface area contributed by atoms with Crippen molar-refractivity contribution in [2.24, 2.45) is 0 Å². The summed E-state index contributed by atoms with van der Waals surface area (Å²) in [5.41, 5.74) is 2.21. The molecule has 1 aliphatic rings. The number of benzene rings is 1. The fraction of sp³-hybridized carbons (Fsp3) is 0.412. The number of nitrogens with zero attached hydrogens (tertiary/aromatic N) is 2. The highest BCUT2D eigenvalue weighted by Gasteiger charge is 2.17. The van der Waals surface area contributed by atoms with Gasteiger partial charge in [-0.1, -0.05) is 18.2 Å². The summed E-state index contributed by atoms with van der Waals surface area (Å²) in [7, 11) is 0. The number of hydrogen-bond acceptors (Lipinski definition) is 4. The van der Waals surface area contributed by atoms with Crippen molar-refractivity contribution in [3.8, 4) is 0 Å². The van der Waals surface area contributed by atoms with Gasteiger partial charge in [-0.15, -0.1) is 0 Å². The molecular weight excluding hydrogens is 280 g/mol. The van der Waals surface area contributed by atoms with Gasteiger partial charge < -0.3 is 9.30 Å². The molecule has 0 aliphatic carbocycles. The molecule has 0 amide bonds. The average molecular weight is 300 g/mol. The number of ether oxygens (including phenoxy) is 1.